The van der Waals surface area contributed by atoms with Gasteiger partial charge in [-0.15, -0.1) is 0 Å². The van der Waals surface area contributed by atoms with Crippen LogP contribution in [-0.4, -0.2) is 49.1 Å². The summed E-state index contributed by atoms with van der Waals surface area (Å²) in [6, 6.07) is 16.8. The molecule has 0 aromatic heterocycles. The van der Waals surface area contributed by atoms with E-state index in [1.165, 1.54) is 0 Å². The van der Waals surface area contributed by atoms with E-state index in [0.29, 0.717) is 31.0 Å². The second kappa shape index (κ2) is 9.76. The molecule has 2 aromatic carbocycles. The second-order valence-corrected chi connectivity index (χ2v) is 7.89. The zero-order valence-electron chi connectivity index (χ0n) is 17.1. The maximum atomic E-state index is 13.2. The fourth-order valence-corrected chi connectivity index (χ4v) is 4.04. The molecule has 2 aliphatic rings. The maximum absolute atomic E-state index is 13.2. The van der Waals surface area contributed by atoms with Crippen molar-refractivity contribution >= 4 is 17.5 Å². The summed E-state index contributed by atoms with van der Waals surface area (Å²) in [5.74, 6) is 0.230. The van der Waals surface area contributed by atoms with E-state index in [-0.39, 0.29) is 23.8 Å². The molecule has 6 heteroatoms. The fourth-order valence-electron chi connectivity index (χ4n) is 4.04. The number of likely N-dealkylation sites (tertiary alicyclic amines) is 1. The number of amides is 2. The molecule has 0 spiro atoms. The Morgan fingerprint density at radius 1 is 1.03 bits per heavy atom. The summed E-state index contributed by atoms with van der Waals surface area (Å²) in [7, 11) is 0. The first-order chi connectivity index (χ1) is 14.7. The lowest BCUT2D eigenvalue weighted by Crippen LogP contribution is -2.43. The van der Waals surface area contributed by atoms with E-state index in [0.717, 1.165) is 38.0 Å². The van der Waals surface area contributed by atoms with Crippen molar-refractivity contribution < 1.29 is 19.1 Å². The monoisotopic (exact) mass is 408 g/mol. The van der Waals surface area contributed by atoms with E-state index < -0.39 is 0 Å². The van der Waals surface area contributed by atoms with Gasteiger partial charge in [-0.05, 0) is 49.9 Å². The summed E-state index contributed by atoms with van der Waals surface area (Å²) in [6.45, 7) is 2.28. The molecule has 0 bridgehead atoms. The Morgan fingerprint density at radius 2 is 1.83 bits per heavy atom. The Morgan fingerprint density at radius 3 is 2.63 bits per heavy atom. The molecule has 2 saturated heterocycles. The van der Waals surface area contributed by atoms with Crippen LogP contribution in [-0.2, 0) is 9.53 Å². The Balaban J connectivity index is 1.39. The molecule has 2 unspecified atom stereocenters. The van der Waals surface area contributed by atoms with Gasteiger partial charge in [-0.1, -0.05) is 30.3 Å². The highest BCUT2D eigenvalue weighted by atomic mass is 16.5. The van der Waals surface area contributed by atoms with Crippen LogP contribution in [0, 0.1) is 5.92 Å². The summed E-state index contributed by atoms with van der Waals surface area (Å²) in [6.07, 6.45) is 3.71. The second-order valence-electron chi connectivity index (χ2n) is 7.89. The van der Waals surface area contributed by atoms with Crippen molar-refractivity contribution in [2.75, 3.05) is 31.6 Å². The average molecular weight is 408 g/mol. The Kier molecular flexibility index (Phi) is 6.64. The number of carbonyl (C=O) groups excluding carboxylic acids is 2. The predicted octanol–water partition coefficient (Wildman–Crippen LogP) is 3.74. The van der Waals surface area contributed by atoms with Crippen molar-refractivity contribution in [2.24, 2.45) is 5.92 Å². The quantitative estimate of drug-likeness (QED) is 0.791. The van der Waals surface area contributed by atoms with Crippen LogP contribution in [0.2, 0.25) is 0 Å². The molecule has 4 rings (SSSR count). The number of anilines is 1. The number of piperidine rings is 1. The number of nitrogens with zero attached hydrogens (tertiary/aromatic N) is 1. The van der Waals surface area contributed by atoms with Crippen molar-refractivity contribution in [3.63, 3.8) is 0 Å². The number of hydrogen-bond donors (Lipinski definition) is 1. The highest BCUT2D eigenvalue weighted by Crippen LogP contribution is 2.25. The van der Waals surface area contributed by atoms with E-state index in [2.05, 4.69) is 5.32 Å². The minimum atomic E-state index is -0.220. The molecule has 2 aliphatic heterocycles. The molecule has 2 fully saturated rings. The third kappa shape index (κ3) is 5.00. The molecular weight excluding hydrogens is 380 g/mol. The third-order valence-corrected chi connectivity index (χ3v) is 5.69. The van der Waals surface area contributed by atoms with Gasteiger partial charge >= 0.3 is 0 Å². The smallest absolute Gasteiger partial charge is 0.257 e. The molecule has 2 atom stereocenters. The number of carbonyl (C=O) groups is 2. The first-order valence-corrected chi connectivity index (χ1v) is 10.7. The van der Waals surface area contributed by atoms with Gasteiger partial charge in [0.1, 0.15) is 12.4 Å². The largest absolute Gasteiger partial charge is 0.490 e. The summed E-state index contributed by atoms with van der Waals surface area (Å²) in [4.78, 5) is 27.7. The first kappa shape index (κ1) is 20.4. The highest BCUT2D eigenvalue weighted by Gasteiger charge is 2.30. The minimum Gasteiger partial charge on any atom is -0.490 e. The van der Waals surface area contributed by atoms with Gasteiger partial charge in [0, 0.05) is 25.4 Å². The molecule has 2 heterocycles. The van der Waals surface area contributed by atoms with Gasteiger partial charge in [-0.25, -0.2) is 0 Å². The number of ether oxygens (including phenoxy) is 2. The van der Waals surface area contributed by atoms with Gasteiger partial charge in [0.15, 0.2) is 0 Å². The van der Waals surface area contributed by atoms with Gasteiger partial charge in [0.05, 0.1) is 17.6 Å². The zero-order chi connectivity index (χ0) is 20.8. The average Bonchev–Trinajstić information content (AvgIpc) is 3.32. The molecule has 30 heavy (non-hydrogen) atoms. The van der Waals surface area contributed by atoms with E-state index >= 15 is 0 Å². The van der Waals surface area contributed by atoms with Crippen LogP contribution >= 0.6 is 0 Å². The molecule has 6 nitrogen and oxygen atoms in total. The van der Waals surface area contributed by atoms with Crippen molar-refractivity contribution in [1.29, 1.82) is 0 Å². The van der Waals surface area contributed by atoms with Gasteiger partial charge in [-0.3, -0.25) is 9.59 Å². The van der Waals surface area contributed by atoms with Crippen molar-refractivity contribution in [3.05, 3.63) is 60.2 Å². The number of para-hydroxylation sites is 2. The van der Waals surface area contributed by atoms with E-state index in [9.17, 15) is 9.59 Å². The highest BCUT2D eigenvalue weighted by molar-refractivity contribution is 5.98. The van der Waals surface area contributed by atoms with Gasteiger partial charge in [-0.2, -0.15) is 0 Å². The fraction of sp³-hybridized carbons (Fsp3) is 0.417. The third-order valence-electron chi connectivity index (χ3n) is 5.69. The minimum absolute atomic E-state index is 0.0402. The molecule has 2 amide bonds. The lowest BCUT2D eigenvalue weighted by Gasteiger charge is -2.32. The normalized spacial score (nSPS) is 21.3. The van der Waals surface area contributed by atoms with Crippen LogP contribution < -0.4 is 10.1 Å². The zero-order valence-corrected chi connectivity index (χ0v) is 17.1. The topological polar surface area (TPSA) is 67.9 Å². The maximum Gasteiger partial charge on any atom is 0.257 e. The molecule has 0 saturated carbocycles. The van der Waals surface area contributed by atoms with Crippen LogP contribution in [0.5, 0.6) is 5.75 Å². The summed E-state index contributed by atoms with van der Waals surface area (Å²) in [5, 5.41) is 2.96. The predicted molar refractivity (Wildman–Crippen MR) is 115 cm³/mol. The van der Waals surface area contributed by atoms with Crippen molar-refractivity contribution in [3.8, 4) is 5.75 Å². The van der Waals surface area contributed by atoms with E-state index in [4.69, 9.17) is 9.47 Å². The lowest BCUT2D eigenvalue weighted by atomic mass is 9.96. The molecule has 1 N–H and O–H groups in total. The summed E-state index contributed by atoms with van der Waals surface area (Å²) < 4.78 is 11.6. The van der Waals surface area contributed by atoms with Crippen molar-refractivity contribution in [1.82, 2.24) is 4.90 Å². The first-order valence-electron chi connectivity index (χ1n) is 10.7. The van der Waals surface area contributed by atoms with Crippen LogP contribution in [0.3, 0.4) is 0 Å². The summed E-state index contributed by atoms with van der Waals surface area (Å²) in [5.41, 5.74) is 1.32. The number of nitrogens with one attached hydrogen (secondary N) is 1. The molecule has 158 valence electrons. The number of benzene rings is 2. The van der Waals surface area contributed by atoms with Crippen LogP contribution in [0.4, 0.5) is 5.69 Å². The Bertz CT molecular complexity index is 865. The Labute approximate surface area is 177 Å². The van der Waals surface area contributed by atoms with Gasteiger partial charge < -0.3 is 19.7 Å². The number of hydrogen-bond acceptors (Lipinski definition) is 4. The van der Waals surface area contributed by atoms with Crippen molar-refractivity contribution in [2.45, 2.75) is 31.8 Å². The summed E-state index contributed by atoms with van der Waals surface area (Å²) >= 11 is 0. The van der Waals surface area contributed by atoms with E-state index in [1.807, 2.05) is 48.5 Å². The Hall–Kier alpha value is -2.86. The molecule has 0 radical (unpaired) electrons. The number of rotatable bonds is 6. The van der Waals surface area contributed by atoms with Gasteiger partial charge in [0.2, 0.25) is 5.91 Å². The van der Waals surface area contributed by atoms with E-state index in [1.54, 1.807) is 11.0 Å². The standard InChI is InChI=1S/C24H28N2O4/c27-23(25-19-9-2-1-3-10-19)18-8-6-14-26(16-18)24(28)21-12-4-5-13-22(21)30-17-20-11-7-15-29-20/h1-5,9-10,12-13,18,20H,6-8,11,14-17H2,(H,25,27). The molecule has 2 aromatic rings. The SMILES string of the molecule is O=C(Nc1ccccc1)C1CCCN(C(=O)c2ccccc2OCC2CCCO2)C1. The molecular formula is C24H28N2O4. The van der Waals surface area contributed by atoms with Crippen LogP contribution in [0.15, 0.2) is 54.6 Å². The molecule has 0 aliphatic carbocycles. The van der Waals surface area contributed by atoms with Crippen LogP contribution in [0.25, 0.3) is 0 Å². The van der Waals surface area contributed by atoms with Crippen LogP contribution in [0.1, 0.15) is 36.0 Å². The van der Waals surface area contributed by atoms with Gasteiger partial charge in [0.25, 0.3) is 5.91 Å². The lowest BCUT2D eigenvalue weighted by molar-refractivity contribution is -0.121.